The Morgan fingerprint density at radius 3 is 2.31 bits per heavy atom. The van der Waals surface area contributed by atoms with Crippen LogP contribution >= 0.6 is 0 Å². The summed E-state index contributed by atoms with van der Waals surface area (Å²) >= 11 is 0. The van der Waals surface area contributed by atoms with Gasteiger partial charge in [0.1, 0.15) is 0 Å². The summed E-state index contributed by atoms with van der Waals surface area (Å²) in [6.07, 6.45) is 9.51. The zero-order chi connectivity index (χ0) is 11.6. The van der Waals surface area contributed by atoms with Gasteiger partial charge in [-0.1, -0.05) is 19.3 Å². The van der Waals surface area contributed by atoms with Gasteiger partial charge in [0.05, 0.1) is 5.25 Å². The second-order valence-electron chi connectivity index (χ2n) is 5.46. The van der Waals surface area contributed by atoms with E-state index in [1.165, 1.54) is 31.9 Å². The molecular weight excluding hydrogens is 222 g/mol. The highest BCUT2D eigenvalue weighted by atomic mass is 32.2. The fourth-order valence-corrected chi connectivity index (χ4v) is 4.28. The maximum Gasteiger partial charge on any atom is 0.151 e. The van der Waals surface area contributed by atoms with E-state index in [-0.39, 0.29) is 11.3 Å². The molecule has 16 heavy (non-hydrogen) atoms. The van der Waals surface area contributed by atoms with Gasteiger partial charge < -0.3 is 5.32 Å². The average Bonchev–Trinajstić information content (AvgIpc) is 2.14. The monoisotopic (exact) mass is 245 g/mol. The Hall–Kier alpha value is -0.0900. The van der Waals surface area contributed by atoms with Crippen molar-refractivity contribution in [2.75, 3.05) is 12.8 Å². The molecule has 2 aliphatic carbocycles. The fraction of sp³-hybridized carbons (Fsp3) is 1.00. The number of rotatable bonds is 4. The highest BCUT2D eigenvalue weighted by Crippen LogP contribution is 2.28. The first-order valence-corrected chi connectivity index (χ1v) is 8.45. The van der Waals surface area contributed by atoms with Crippen LogP contribution in [0.25, 0.3) is 0 Å². The third-order valence-electron chi connectivity index (χ3n) is 4.15. The van der Waals surface area contributed by atoms with E-state index in [1.54, 1.807) is 0 Å². The Morgan fingerprint density at radius 1 is 1.06 bits per heavy atom. The van der Waals surface area contributed by atoms with Crippen LogP contribution in [0.4, 0.5) is 0 Å². The second kappa shape index (κ2) is 5.05. The van der Waals surface area contributed by atoms with E-state index >= 15 is 0 Å². The van der Waals surface area contributed by atoms with Crippen molar-refractivity contribution < 1.29 is 8.42 Å². The molecule has 0 aromatic rings. The molecule has 0 bridgehead atoms. The van der Waals surface area contributed by atoms with Crippen LogP contribution in [0.3, 0.4) is 0 Å². The Kier molecular flexibility index (Phi) is 3.90. The Labute approximate surface area is 98.9 Å². The first-order valence-electron chi connectivity index (χ1n) is 6.49. The molecule has 0 radical (unpaired) electrons. The third-order valence-corrected chi connectivity index (χ3v) is 5.81. The van der Waals surface area contributed by atoms with Crippen LogP contribution in [0.15, 0.2) is 0 Å². The minimum atomic E-state index is -2.87. The van der Waals surface area contributed by atoms with Crippen LogP contribution in [0.2, 0.25) is 0 Å². The molecule has 0 heterocycles. The summed E-state index contributed by atoms with van der Waals surface area (Å²) in [6, 6.07) is 0.212. The van der Waals surface area contributed by atoms with Crippen LogP contribution in [0, 0.1) is 5.92 Å². The van der Waals surface area contributed by atoms with Crippen molar-refractivity contribution in [1.29, 1.82) is 0 Å². The van der Waals surface area contributed by atoms with Gasteiger partial charge in [0.2, 0.25) is 0 Å². The lowest BCUT2D eigenvalue weighted by molar-refractivity contribution is 0.271. The highest BCUT2D eigenvalue weighted by molar-refractivity contribution is 7.91. The maximum atomic E-state index is 11.7. The molecule has 0 aliphatic heterocycles. The zero-order valence-corrected chi connectivity index (χ0v) is 10.9. The van der Waals surface area contributed by atoms with E-state index in [9.17, 15) is 8.42 Å². The molecule has 2 unspecified atom stereocenters. The van der Waals surface area contributed by atoms with Gasteiger partial charge in [-0.05, 0) is 38.1 Å². The molecule has 0 amide bonds. The van der Waals surface area contributed by atoms with Gasteiger partial charge in [-0.2, -0.15) is 0 Å². The predicted octanol–water partition coefficient (Wildman–Crippen LogP) is 1.73. The van der Waals surface area contributed by atoms with E-state index in [2.05, 4.69) is 5.32 Å². The molecular formula is C12H23NO2S. The molecule has 0 spiro atoms. The first-order chi connectivity index (χ1) is 7.57. The number of hydrogen-bond donors (Lipinski definition) is 1. The fourth-order valence-electron chi connectivity index (χ4n) is 2.86. The quantitative estimate of drug-likeness (QED) is 0.820. The summed E-state index contributed by atoms with van der Waals surface area (Å²) in [5.74, 6) is 0.808. The number of nitrogens with one attached hydrogen (secondary N) is 1. The molecule has 2 aliphatic rings. The molecule has 0 saturated heterocycles. The Bertz CT molecular complexity index is 322. The summed E-state index contributed by atoms with van der Waals surface area (Å²) < 4.78 is 23.4. The van der Waals surface area contributed by atoms with Gasteiger partial charge in [0, 0.05) is 12.3 Å². The van der Waals surface area contributed by atoms with Crippen molar-refractivity contribution in [3.8, 4) is 0 Å². The lowest BCUT2D eigenvalue weighted by atomic mass is 9.85. The highest BCUT2D eigenvalue weighted by Gasteiger charge is 2.33. The van der Waals surface area contributed by atoms with Crippen LogP contribution in [0.1, 0.15) is 44.9 Å². The van der Waals surface area contributed by atoms with Crippen molar-refractivity contribution in [3.63, 3.8) is 0 Å². The standard InChI is InChI=1S/C12H23NO2S/c1-16(14,15)12-8-3-2-7-11(12)13-9-10-5-4-6-10/h10-13H,2-9H2,1H3. The number of sulfone groups is 1. The van der Waals surface area contributed by atoms with Gasteiger partial charge in [0.25, 0.3) is 0 Å². The molecule has 1 N–H and O–H groups in total. The van der Waals surface area contributed by atoms with Gasteiger partial charge >= 0.3 is 0 Å². The van der Waals surface area contributed by atoms with Crippen molar-refractivity contribution in [3.05, 3.63) is 0 Å². The SMILES string of the molecule is CS(=O)(=O)C1CCCCC1NCC1CCC1. The van der Waals surface area contributed by atoms with E-state index < -0.39 is 9.84 Å². The molecule has 94 valence electrons. The largest absolute Gasteiger partial charge is 0.312 e. The van der Waals surface area contributed by atoms with Crippen LogP contribution in [-0.2, 0) is 9.84 Å². The van der Waals surface area contributed by atoms with Crippen LogP contribution in [-0.4, -0.2) is 32.5 Å². The minimum Gasteiger partial charge on any atom is -0.312 e. The first kappa shape index (κ1) is 12.4. The number of hydrogen-bond acceptors (Lipinski definition) is 3. The summed E-state index contributed by atoms with van der Waals surface area (Å²) in [4.78, 5) is 0. The normalized spacial score (nSPS) is 32.3. The van der Waals surface area contributed by atoms with E-state index in [0.29, 0.717) is 0 Å². The molecule has 2 fully saturated rings. The molecule has 2 atom stereocenters. The van der Waals surface area contributed by atoms with Gasteiger partial charge in [0.15, 0.2) is 9.84 Å². The van der Waals surface area contributed by atoms with Gasteiger partial charge in [-0.25, -0.2) is 8.42 Å². The zero-order valence-electron chi connectivity index (χ0n) is 10.1. The Balaban J connectivity index is 1.88. The third kappa shape index (κ3) is 2.98. The molecule has 3 nitrogen and oxygen atoms in total. The lowest BCUT2D eigenvalue weighted by Crippen LogP contribution is -2.47. The smallest absolute Gasteiger partial charge is 0.151 e. The molecule has 4 heteroatoms. The van der Waals surface area contributed by atoms with Crippen molar-refractivity contribution >= 4 is 9.84 Å². The molecule has 2 rings (SSSR count). The second-order valence-corrected chi connectivity index (χ2v) is 7.73. The van der Waals surface area contributed by atoms with Gasteiger partial charge in [-0.3, -0.25) is 0 Å². The Morgan fingerprint density at radius 2 is 1.75 bits per heavy atom. The van der Waals surface area contributed by atoms with Crippen molar-refractivity contribution in [2.24, 2.45) is 5.92 Å². The predicted molar refractivity (Wildman–Crippen MR) is 66.2 cm³/mol. The molecule has 0 aromatic carbocycles. The summed E-state index contributed by atoms with van der Waals surface area (Å²) in [7, 11) is -2.87. The van der Waals surface area contributed by atoms with Crippen molar-refractivity contribution in [1.82, 2.24) is 5.32 Å². The average molecular weight is 245 g/mol. The van der Waals surface area contributed by atoms with Crippen LogP contribution < -0.4 is 5.32 Å². The van der Waals surface area contributed by atoms with Gasteiger partial charge in [-0.15, -0.1) is 0 Å². The van der Waals surface area contributed by atoms with E-state index in [4.69, 9.17) is 0 Å². The topological polar surface area (TPSA) is 46.2 Å². The molecule has 2 saturated carbocycles. The summed E-state index contributed by atoms with van der Waals surface area (Å²) in [6.45, 7) is 1.02. The maximum absolute atomic E-state index is 11.7. The molecule has 0 aromatic heterocycles. The summed E-state index contributed by atoms with van der Waals surface area (Å²) in [5.41, 5.74) is 0. The summed E-state index contributed by atoms with van der Waals surface area (Å²) in [5, 5.41) is 3.36. The lowest BCUT2D eigenvalue weighted by Gasteiger charge is -2.34. The van der Waals surface area contributed by atoms with E-state index in [1.807, 2.05) is 0 Å². The minimum absolute atomic E-state index is 0.138. The van der Waals surface area contributed by atoms with Crippen molar-refractivity contribution in [2.45, 2.75) is 56.2 Å². The van der Waals surface area contributed by atoms with E-state index in [0.717, 1.165) is 31.7 Å². The van der Waals surface area contributed by atoms with Crippen LogP contribution in [0.5, 0.6) is 0 Å².